The number of anilines is 2. The van der Waals surface area contributed by atoms with Crippen molar-refractivity contribution < 1.29 is 28.5 Å². The lowest BCUT2D eigenvalue weighted by atomic mass is 10.2. The number of benzene rings is 2. The number of ether oxygens (including phenoxy) is 1. The first kappa shape index (κ1) is 21.7. The van der Waals surface area contributed by atoms with Crippen LogP contribution in [0.4, 0.5) is 15.8 Å². The van der Waals surface area contributed by atoms with Crippen LogP contribution in [0, 0.1) is 5.82 Å². The average Bonchev–Trinajstić information content (AvgIpc) is 2.74. The maximum atomic E-state index is 13.2. The van der Waals surface area contributed by atoms with E-state index in [1.165, 1.54) is 17.0 Å². The number of piperazine rings is 1. The highest BCUT2D eigenvalue weighted by atomic mass is 19.1. The Hall–Kier alpha value is -2.97. The lowest BCUT2D eigenvalue weighted by Crippen LogP contribution is -3.30. The molecule has 1 aliphatic rings. The molecule has 1 aliphatic heterocycles. The third-order valence-corrected chi connectivity index (χ3v) is 5.49. The molecule has 7 nitrogen and oxygen atoms in total. The Morgan fingerprint density at radius 3 is 2.50 bits per heavy atom. The van der Waals surface area contributed by atoms with Crippen molar-refractivity contribution >= 4 is 23.2 Å². The molecule has 30 heavy (non-hydrogen) atoms. The average molecular weight is 416 g/mol. The van der Waals surface area contributed by atoms with Crippen LogP contribution in [0.1, 0.15) is 6.92 Å². The molecule has 2 aromatic carbocycles. The molecular formula is C22H29FN4O3+2. The van der Waals surface area contributed by atoms with E-state index in [1.54, 1.807) is 19.2 Å². The first-order chi connectivity index (χ1) is 14.5. The maximum absolute atomic E-state index is 13.2. The molecule has 4 N–H and O–H groups in total. The predicted molar refractivity (Wildman–Crippen MR) is 112 cm³/mol. The molecule has 0 bridgehead atoms. The minimum Gasteiger partial charge on any atom is -0.495 e. The zero-order chi connectivity index (χ0) is 21.5. The van der Waals surface area contributed by atoms with Crippen molar-refractivity contribution in [3.8, 4) is 5.75 Å². The Kier molecular flexibility index (Phi) is 7.37. The first-order valence-corrected chi connectivity index (χ1v) is 10.1. The van der Waals surface area contributed by atoms with Gasteiger partial charge in [-0.1, -0.05) is 18.2 Å². The van der Waals surface area contributed by atoms with E-state index in [4.69, 9.17) is 4.74 Å². The maximum Gasteiger partial charge on any atom is 0.282 e. The van der Waals surface area contributed by atoms with Gasteiger partial charge in [0.2, 0.25) is 0 Å². The Morgan fingerprint density at radius 1 is 1.07 bits per heavy atom. The molecule has 1 fully saturated rings. The van der Waals surface area contributed by atoms with Crippen molar-refractivity contribution in [2.75, 3.05) is 50.5 Å². The third kappa shape index (κ3) is 5.77. The molecular weight excluding hydrogens is 387 g/mol. The molecule has 0 aliphatic carbocycles. The summed E-state index contributed by atoms with van der Waals surface area (Å²) < 4.78 is 18.5. The molecule has 1 atom stereocenters. The normalized spacial score (nSPS) is 19.6. The van der Waals surface area contributed by atoms with Crippen molar-refractivity contribution in [1.82, 2.24) is 0 Å². The standard InChI is InChI=1S/C22H27FN4O3/c1-16(22(29)25-19-8-3-4-9-20(19)30-2)27-12-10-26(11-13-27)15-21(28)24-18-7-5-6-17(23)14-18/h3-9,14,16H,10-13,15H2,1-2H3,(H,24,28)(H,25,29)/p+2/t16-/m1/s1. The van der Waals surface area contributed by atoms with Gasteiger partial charge >= 0.3 is 0 Å². The molecule has 0 spiro atoms. The molecule has 3 rings (SSSR count). The van der Waals surface area contributed by atoms with Crippen LogP contribution in [0.3, 0.4) is 0 Å². The lowest BCUT2D eigenvalue weighted by molar-refractivity contribution is -1.01. The fourth-order valence-electron chi connectivity index (χ4n) is 3.71. The van der Waals surface area contributed by atoms with Crippen molar-refractivity contribution in [3.05, 3.63) is 54.3 Å². The molecule has 0 unspecified atom stereocenters. The largest absolute Gasteiger partial charge is 0.495 e. The molecule has 0 saturated carbocycles. The number of para-hydroxylation sites is 2. The number of carbonyl (C=O) groups excluding carboxylic acids is 2. The zero-order valence-corrected chi connectivity index (χ0v) is 17.3. The van der Waals surface area contributed by atoms with E-state index in [9.17, 15) is 14.0 Å². The molecule has 2 amide bonds. The second-order valence-electron chi connectivity index (χ2n) is 7.55. The van der Waals surface area contributed by atoms with Gasteiger partial charge in [0.05, 0.1) is 12.8 Å². The molecule has 0 radical (unpaired) electrons. The fraction of sp³-hybridized carbons (Fsp3) is 0.364. The number of rotatable bonds is 7. The monoisotopic (exact) mass is 416 g/mol. The third-order valence-electron chi connectivity index (χ3n) is 5.49. The molecule has 1 heterocycles. The summed E-state index contributed by atoms with van der Waals surface area (Å²) in [6, 6.07) is 13.0. The van der Waals surface area contributed by atoms with Crippen LogP contribution >= 0.6 is 0 Å². The fourth-order valence-corrected chi connectivity index (χ4v) is 3.71. The van der Waals surface area contributed by atoms with Gasteiger partial charge in [0, 0.05) is 5.69 Å². The van der Waals surface area contributed by atoms with Crippen molar-refractivity contribution in [1.29, 1.82) is 0 Å². The van der Waals surface area contributed by atoms with Gasteiger partial charge in [-0.15, -0.1) is 0 Å². The van der Waals surface area contributed by atoms with Crippen LogP contribution in [0.25, 0.3) is 0 Å². The van der Waals surface area contributed by atoms with E-state index in [-0.39, 0.29) is 23.7 Å². The Morgan fingerprint density at radius 2 is 1.80 bits per heavy atom. The van der Waals surface area contributed by atoms with E-state index in [1.807, 2.05) is 31.2 Å². The second kappa shape index (κ2) is 10.2. The van der Waals surface area contributed by atoms with Gasteiger partial charge in [0.1, 0.15) is 37.7 Å². The highest BCUT2D eigenvalue weighted by molar-refractivity contribution is 5.95. The Labute approximate surface area is 175 Å². The van der Waals surface area contributed by atoms with Gasteiger partial charge in [-0.3, -0.25) is 9.59 Å². The van der Waals surface area contributed by atoms with E-state index in [0.29, 0.717) is 23.7 Å². The van der Waals surface area contributed by atoms with Crippen LogP contribution < -0.4 is 25.2 Å². The quantitative estimate of drug-likeness (QED) is 0.496. The topological polar surface area (TPSA) is 76.3 Å². The Bertz CT molecular complexity index is 884. The number of quaternary nitrogens is 2. The van der Waals surface area contributed by atoms with Gasteiger partial charge in [0.25, 0.3) is 11.8 Å². The number of amides is 2. The molecule has 0 aromatic heterocycles. The summed E-state index contributed by atoms with van der Waals surface area (Å²) >= 11 is 0. The smallest absolute Gasteiger partial charge is 0.282 e. The van der Waals surface area contributed by atoms with E-state index in [2.05, 4.69) is 10.6 Å². The summed E-state index contributed by atoms with van der Waals surface area (Å²) in [5.74, 6) is 0.0622. The van der Waals surface area contributed by atoms with Crippen LogP contribution in [-0.2, 0) is 9.59 Å². The summed E-state index contributed by atoms with van der Waals surface area (Å²) in [4.78, 5) is 27.3. The van der Waals surface area contributed by atoms with E-state index in [0.717, 1.165) is 31.1 Å². The minimum absolute atomic E-state index is 0.0539. The SMILES string of the molecule is COc1ccccc1NC(=O)[C@@H](C)[NH+]1CC[NH+](CC(=O)Nc2cccc(F)c2)CC1. The van der Waals surface area contributed by atoms with Gasteiger partial charge in [0.15, 0.2) is 12.6 Å². The summed E-state index contributed by atoms with van der Waals surface area (Å²) in [7, 11) is 1.58. The number of hydrogen-bond donors (Lipinski definition) is 4. The van der Waals surface area contributed by atoms with Crippen molar-refractivity contribution in [3.63, 3.8) is 0 Å². The van der Waals surface area contributed by atoms with Crippen LogP contribution in [0.15, 0.2) is 48.5 Å². The highest BCUT2D eigenvalue weighted by Gasteiger charge is 2.32. The van der Waals surface area contributed by atoms with Crippen molar-refractivity contribution in [2.45, 2.75) is 13.0 Å². The zero-order valence-electron chi connectivity index (χ0n) is 17.3. The van der Waals surface area contributed by atoms with Gasteiger partial charge in [-0.25, -0.2) is 4.39 Å². The summed E-state index contributed by atoms with van der Waals surface area (Å²) in [6.45, 7) is 5.41. The van der Waals surface area contributed by atoms with E-state index >= 15 is 0 Å². The predicted octanol–water partition coefficient (Wildman–Crippen LogP) is -0.417. The van der Waals surface area contributed by atoms with Crippen molar-refractivity contribution in [2.24, 2.45) is 0 Å². The number of nitrogens with one attached hydrogen (secondary N) is 4. The van der Waals surface area contributed by atoms with Crippen LogP contribution in [0.2, 0.25) is 0 Å². The Balaban J connectivity index is 1.46. The lowest BCUT2D eigenvalue weighted by Gasteiger charge is -2.32. The highest BCUT2D eigenvalue weighted by Crippen LogP contribution is 2.22. The first-order valence-electron chi connectivity index (χ1n) is 10.1. The summed E-state index contributed by atoms with van der Waals surface area (Å²) in [6.07, 6.45) is 0. The summed E-state index contributed by atoms with van der Waals surface area (Å²) in [5, 5.41) is 5.69. The van der Waals surface area contributed by atoms with Crippen LogP contribution in [-0.4, -0.2) is 57.7 Å². The number of methoxy groups -OCH3 is 1. The minimum atomic E-state index is -0.377. The molecule has 8 heteroatoms. The van der Waals surface area contributed by atoms with Crippen LogP contribution in [0.5, 0.6) is 5.75 Å². The number of hydrogen-bond acceptors (Lipinski definition) is 3. The number of carbonyl (C=O) groups is 2. The molecule has 2 aromatic rings. The summed E-state index contributed by atoms with van der Waals surface area (Å²) in [5.41, 5.74) is 1.12. The van der Waals surface area contributed by atoms with E-state index < -0.39 is 0 Å². The second-order valence-corrected chi connectivity index (χ2v) is 7.55. The van der Waals surface area contributed by atoms with Gasteiger partial charge in [-0.05, 0) is 37.3 Å². The number of halogens is 1. The van der Waals surface area contributed by atoms with Gasteiger partial charge < -0.3 is 25.2 Å². The van der Waals surface area contributed by atoms with Gasteiger partial charge in [-0.2, -0.15) is 0 Å². The molecule has 1 saturated heterocycles. The molecule has 160 valence electrons.